The van der Waals surface area contributed by atoms with Crippen molar-refractivity contribution in [3.05, 3.63) is 24.0 Å². The van der Waals surface area contributed by atoms with Crippen molar-refractivity contribution >= 4 is 5.91 Å². The van der Waals surface area contributed by atoms with Crippen LogP contribution in [0.4, 0.5) is 0 Å². The summed E-state index contributed by atoms with van der Waals surface area (Å²) in [6.07, 6.45) is 7.47. The molecule has 1 amide bonds. The summed E-state index contributed by atoms with van der Waals surface area (Å²) in [6.45, 7) is 2.52. The Morgan fingerprint density at radius 2 is 2.22 bits per heavy atom. The van der Waals surface area contributed by atoms with Gasteiger partial charge in [-0.2, -0.15) is 0 Å². The Hall–Kier alpha value is -1.33. The largest absolute Gasteiger partial charge is 0.375 e. The van der Waals surface area contributed by atoms with Crippen LogP contribution in [0.25, 0.3) is 0 Å². The summed E-state index contributed by atoms with van der Waals surface area (Å²) in [5.41, 5.74) is 1.14. The summed E-state index contributed by atoms with van der Waals surface area (Å²) in [4.78, 5) is 19.9. The van der Waals surface area contributed by atoms with Gasteiger partial charge in [0.1, 0.15) is 0 Å². The van der Waals surface area contributed by atoms with Crippen molar-refractivity contribution in [2.24, 2.45) is 0 Å². The highest BCUT2D eigenvalue weighted by molar-refractivity contribution is 5.76. The molecule has 3 heterocycles. The molecule has 3 rings (SSSR count). The third-order valence-corrected chi connectivity index (χ3v) is 5.50. The maximum absolute atomic E-state index is 12.4. The normalized spacial score (nSPS) is 24.3. The van der Waals surface area contributed by atoms with Gasteiger partial charge in [0.05, 0.1) is 5.60 Å². The van der Waals surface area contributed by atoms with Crippen LogP contribution in [0.2, 0.25) is 0 Å². The van der Waals surface area contributed by atoms with Gasteiger partial charge in [0, 0.05) is 44.0 Å². The van der Waals surface area contributed by atoms with Crippen LogP contribution >= 0.6 is 0 Å². The molecular formula is C18H29N3O2. The van der Waals surface area contributed by atoms with E-state index in [-0.39, 0.29) is 11.5 Å². The molecule has 2 aliphatic rings. The van der Waals surface area contributed by atoms with Crippen molar-refractivity contribution in [2.75, 3.05) is 33.8 Å². The molecule has 0 radical (unpaired) electrons. The molecule has 0 aromatic carbocycles. The number of ether oxygens (including phenoxy) is 1. The lowest BCUT2D eigenvalue weighted by Crippen LogP contribution is -2.53. The summed E-state index contributed by atoms with van der Waals surface area (Å²) in [5, 5.41) is 0. The van der Waals surface area contributed by atoms with Crippen molar-refractivity contribution < 1.29 is 9.53 Å². The minimum Gasteiger partial charge on any atom is -0.375 e. The Balaban J connectivity index is 1.48. The number of hydrogen-bond donors (Lipinski definition) is 1. The molecule has 0 bridgehead atoms. The Bertz CT molecular complexity index is 504. The number of piperidine rings is 1. The summed E-state index contributed by atoms with van der Waals surface area (Å²) < 4.78 is 6.16. The first-order valence-electron chi connectivity index (χ1n) is 8.78. The molecule has 1 N–H and O–H groups in total. The second kappa shape index (κ2) is 7.05. The topological polar surface area (TPSA) is 48.6 Å². The van der Waals surface area contributed by atoms with Gasteiger partial charge in [0.2, 0.25) is 5.91 Å². The number of aromatic amines is 1. The highest BCUT2D eigenvalue weighted by Gasteiger charge is 2.41. The first-order valence-corrected chi connectivity index (χ1v) is 8.78. The summed E-state index contributed by atoms with van der Waals surface area (Å²) in [6, 6.07) is 4.63. The van der Waals surface area contributed by atoms with Gasteiger partial charge in [-0.1, -0.05) is 0 Å². The molecule has 2 saturated heterocycles. The second-order valence-electron chi connectivity index (χ2n) is 7.22. The molecule has 1 atom stereocenters. The maximum atomic E-state index is 12.4. The molecule has 5 nitrogen and oxygen atoms in total. The number of likely N-dealkylation sites (tertiary alicyclic amines) is 1. The molecule has 2 aliphatic heterocycles. The van der Waals surface area contributed by atoms with E-state index >= 15 is 0 Å². The number of carbonyl (C=O) groups excluding carboxylic acids is 1. The first-order chi connectivity index (χ1) is 11.1. The maximum Gasteiger partial charge on any atom is 0.222 e. The number of nitrogens with zero attached hydrogens (tertiary/aromatic N) is 2. The third-order valence-electron chi connectivity index (χ3n) is 5.50. The number of H-pyrrole nitrogens is 1. The van der Waals surface area contributed by atoms with Crippen LogP contribution in [0.15, 0.2) is 18.3 Å². The van der Waals surface area contributed by atoms with Crippen LogP contribution in [-0.2, 0) is 16.0 Å². The molecule has 5 heteroatoms. The van der Waals surface area contributed by atoms with Crippen LogP contribution in [0.1, 0.15) is 37.8 Å². The number of carbonyl (C=O) groups is 1. The van der Waals surface area contributed by atoms with E-state index in [9.17, 15) is 4.79 Å². The number of amides is 1. The summed E-state index contributed by atoms with van der Waals surface area (Å²) >= 11 is 0. The number of hydrogen-bond acceptors (Lipinski definition) is 3. The van der Waals surface area contributed by atoms with Crippen LogP contribution in [0.3, 0.4) is 0 Å². The average Bonchev–Trinajstić information content (AvgIpc) is 3.07. The molecule has 1 aromatic rings. The lowest BCUT2D eigenvalue weighted by molar-refractivity contribution is -0.147. The van der Waals surface area contributed by atoms with Crippen LogP contribution in [-0.4, -0.2) is 66.1 Å². The number of nitrogens with one attached hydrogen (secondary N) is 1. The van der Waals surface area contributed by atoms with E-state index in [4.69, 9.17) is 4.74 Å². The first kappa shape index (κ1) is 16.5. The zero-order chi connectivity index (χ0) is 16.3. The Morgan fingerprint density at radius 1 is 1.43 bits per heavy atom. The highest BCUT2D eigenvalue weighted by atomic mass is 16.5. The summed E-state index contributed by atoms with van der Waals surface area (Å²) in [7, 11) is 4.31. The van der Waals surface area contributed by atoms with Gasteiger partial charge < -0.3 is 19.5 Å². The fraction of sp³-hybridized carbons (Fsp3) is 0.722. The van der Waals surface area contributed by atoms with Gasteiger partial charge in [-0.25, -0.2) is 0 Å². The van der Waals surface area contributed by atoms with E-state index in [2.05, 4.69) is 24.0 Å². The minimum absolute atomic E-state index is 0.00340. The minimum atomic E-state index is 0.00340. The van der Waals surface area contributed by atoms with Gasteiger partial charge in [-0.15, -0.1) is 0 Å². The number of aromatic nitrogens is 1. The zero-order valence-electron chi connectivity index (χ0n) is 14.4. The van der Waals surface area contributed by atoms with Crippen molar-refractivity contribution in [1.29, 1.82) is 0 Å². The Kier molecular flexibility index (Phi) is 5.07. The average molecular weight is 319 g/mol. The molecule has 1 unspecified atom stereocenters. The van der Waals surface area contributed by atoms with E-state index in [1.807, 2.05) is 23.2 Å². The fourth-order valence-corrected chi connectivity index (χ4v) is 3.88. The molecule has 128 valence electrons. The number of rotatable bonds is 4. The van der Waals surface area contributed by atoms with Crippen molar-refractivity contribution in [3.8, 4) is 0 Å². The van der Waals surface area contributed by atoms with Gasteiger partial charge in [0.25, 0.3) is 0 Å². The van der Waals surface area contributed by atoms with Gasteiger partial charge in [0.15, 0.2) is 0 Å². The van der Waals surface area contributed by atoms with Gasteiger partial charge in [-0.05, 0) is 58.3 Å². The molecular weight excluding hydrogens is 290 g/mol. The second-order valence-corrected chi connectivity index (χ2v) is 7.22. The van der Waals surface area contributed by atoms with Crippen LogP contribution < -0.4 is 0 Å². The predicted molar refractivity (Wildman–Crippen MR) is 90.3 cm³/mol. The molecule has 0 aliphatic carbocycles. The molecule has 1 aromatic heterocycles. The molecule has 2 fully saturated rings. The molecule has 23 heavy (non-hydrogen) atoms. The van der Waals surface area contributed by atoms with Crippen LogP contribution in [0, 0.1) is 0 Å². The van der Waals surface area contributed by atoms with E-state index in [0.717, 1.165) is 57.5 Å². The van der Waals surface area contributed by atoms with E-state index in [1.165, 1.54) is 0 Å². The van der Waals surface area contributed by atoms with E-state index in [0.29, 0.717) is 12.5 Å². The van der Waals surface area contributed by atoms with E-state index in [1.54, 1.807) is 0 Å². The standard InChI is InChI=1S/C18H29N3O2/c1-20(2)16-7-13-23-18(14-16)8-11-21(12-9-18)17(22)6-5-15-4-3-10-19-15/h3-4,10,16,19H,5-9,11-14H2,1-2H3. The van der Waals surface area contributed by atoms with Crippen molar-refractivity contribution in [2.45, 2.75) is 50.2 Å². The monoisotopic (exact) mass is 319 g/mol. The third kappa shape index (κ3) is 3.96. The van der Waals surface area contributed by atoms with Gasteiger partial charge >= 0.3 is 0 Å². The Morgan fingerprint density at radius 3 is 2.87 bits per heavy atom. The SMILES string of the molecule is CN(C)C1CCOC2(CCN(C(=O)CCc3ccc[nH]3)CC2)C1. The number of aryl methyl sites for hydroxylation is 1. The fourth-order valence-electron chi connectivity index (χ4n) is 3.88. The smallest absolute Gasteiger partial charge is 0.222 e. The van der Waals surface area contributed by atoms with Gasteiger partial charge in [-0.3, -0.25) is 4.79 Å². The van der Waals surface area contributed by atoms with Crippen LogP contribution in [0.5, 0.6) is 0 Å². The lowest BCUT2D eigenvalue weighted by atomic mass is 9.82. The van der Waals surface area contributed by atoms with E-state index < -0.39 is 0 Å². The molecule has 1 spiro atoms. The zero-order valence-corrected chi connectivity index (χ0v) is 14.4. The van der Waals surface area contributed by atoms with Crippen molar-refractivity contribution in [3.63, 3.8) is 0 Å². The highest BCUT2D eigenvalue weighted by Crippen LogP contribution is 2.36. The lowest BCUT2D eigenvalue weighted by Gasteiger charge is -2.47. The quantitative estimate of drug-likeness (QED) is 0.924. The predicted octanol–water partition coefficient (Wildman–Crippen LogP) is 2.05. The Labute approximate surface area is 139 Å². The van der Waals surface area contributed by atoms with Crippen molar-refractivity contribution in [1.82, 2.24) is 14.8 Å². The molecule has 0 saturated carbocycles. The summed E-state index contributed by atoms with van der Waals surface area (Å²) in [5.74, 6) is 0.273.